The van der Waals surface area contributed by atoms with Gasteiger partial charge in [0.25, 0.3) is 0 Å². The molecule has 1 aliphatic heterocycles. The van der Waals surface area contributed by atoms with Crippen LogP contribution >= 0.6 is 0 Å². The first-order valence-corrected chi connectivity index (χ1v) is 7.88. The third-order valence-corrected chi connectivity index (χ3v) is 5.99. The van der Waals surface area contributed by atoms with Gasteiger partial charge in [-0.2, -0.15) is 0 Å². The largest absolute Gasteiger partial charge is 0.373 e. The Hall–Kier alpha value is -0.120. The lowest BCUT2D eigenvalue weighted by Gasteiger charge is -2.56. The lowest BCUT2D eigenvalue weighted by molar-refractivity contribution is -0.169. The highest BCUT2D eigenvalue weighted by Crippen LogP contribution is 2.57. The summed E-state index contributed by atoms with van der Waals surface area (Å²) in [5.41, 5.74) is 0.262. The monoisotopic (exact) mass is 250 g/mol. The molecule has 4 bridgehead atoms. The molecule has 0 amide bonds. The van der Waals surface area contributed by atoms with E-state index in [4.69, 9.17) is 10.6 Å². The van der Waals surface area contributed by atoms with E-state index in [1.54, 1.807) is 0 Å². The van der Waals surface area contributed by atoms with Gasteiger partial charge in [-0.1, -0.05) is 0 Å². The second-order valence-corrected chi connectivity index (χ2v) is 7.45. The number of nitrogens with zero attached hydrogens (tertiary/aromatic N) is 1. The minimum atomic E-state index is 0.262. The molecule has 1 unspecified atom stereocenters. The van der Waals surface area contributed by atoms with Crippen molar-refractivity contribution in [3.05, 3.63) is 0 Å². The molecule has 5 fully saturated rings. The van der Waals surface area contributed by atoms with E-state index in [2.05, 4.69) is 0 Å². The van der Waals surface area contributed by atoms with E-state index >= 15 is 0 Å². The smallest absolute Gasteiger partial charge is 0.0691 e. The Kier molecular flexibility index (Phi) is 2.72. The zero-order valence-corrected chi connectivity index (χ0v) is 11.3. The molecule has 0 radical (unpaired) electrons. The highest BCUT2D eigenvalue weighted by Gasteiger charge is 2.51. The van der Waals surface area contributed by atoms with Gasteiger partial charge < -0.3 is 4.74 Å². The second kappa shape index (κ2) is 4.19. The van der Waals surface area contributed by atoms with E-state index in [0.717, 1.165) is 30.9 Å². The van der Waals surface area contributed by atoms with Crippen molar-refractivity contribution >= 4 is 0 Å². The number of rotatable bonds is 3. The van der Waals surface area contributed by atoms with Crippen molar-refractivity contribution < 1.29 is 4.74 Å². The minimum Gasteiger partial charge on any atom is -0.373 e. The molecule has 18 heavy (non-hydrogen) atoms. The Balaban J connectivity index is 1.41. The first kappa shape index (κ1) is 11.7. The number of nitrogens with two attached hydrogens (primary N) is 1. The maximum Gasteiger partial charge on any atom is 0.0691 e. The van der Waals surface area contributed by atoms with Crippen LogP contribution in [0.3, 0.4) is 0 Å². The molecule has 3 heteroatoms. The molecule has 102 valence electrons. The normalized spacial score (nSPS) is 51.2. The van der Waals surface area contributed by atoms with Gasteiger partial charge in [0.15, 0.2) is 0 Å². The summed E-state index contributed by atoms with van der Waals surface area (Å²) in [5, 5.41) is 2.00. The summed E-state index contributed by atoms with van der Waals surface area (Å²) < 4.78 is 6.47. The van der Waals surface area contributed by atoms with Crippen LogP contribution in [0.1, 0.15) is 51.4 Å². The molecule has 1 atom stereocenters. The lowest BCUT2D eigenvalue weighted by Crippen LogP contribution is -2.53. The van der Waals surface area contributed by atoms with Crippen molar-refractivity contribution in [1.29, 1.82) is 0 Å². The predicted octanol–water partition coefficient (Wildman–Crippen LogP) is 2.31. The molecule has 5 aliphatic rings. The first-order valence-electron chi connectivity index (χ1n) is 7.88. The van der Waals surface area contributed by atoms with E-state index in [9.17, 15) is 0 Å². The molecule has 2 N–H and O–H groups in total. The average Bonchev–Trinajstić information content (AvgIpc) is 2.70. The van der Waals surface area contributed by atoms with Crippen molar-refractivity contribution in [2.24, 2.45) is 23.6 Å². The van der Waals surface area contributed by atoms with Crippen LogP contribution in [0, 0.1) is 17.8 Å². The van der Waals surface area contributed by atoms with Crippen LogP contribution in [-0.4, -0.2) is 29.8 Å². The number of ether oxygens (including phenoxy) is 1. The Bertz CT molecular complexity index is 295. The Morgan fingerprint density at radius 1 is 1.06 bits per heavy atom. The molecule has 5 rings (SSSR count). The van der Waals surface area contributed by atoms with Crippen LogP contribution < -0.4 is 5.84 Å². The standard InChI is InChI=1S/C15H26N2O/c16-17-3-1-2-14(17)10-18-15-7-11-4-12(8-15)6-13(5-11)9-15/h11-14H,1-10,16H2. The molecule has 0 spiro atoms. The Labute approximate surface area is 110 Å². The fraction of sp³-hybridized carbons (Fsp3) is 1.00. The number of hydrogen-bond donors (Lipinski definition) is 1. The van der Waals surface area contributed by atoms with E-state index < -0.39 is 0 Å². The number of hydrazine groups is 1. The Morgan fingerprint density at radius 2 is 1.67 bits per heavy atom. The predicted molar refractivity (Wildman–Crippen MR) is 70.8 cm³/mol. The van der Waals surface area contributed by atoms with Gasteiger partial charge in [0.2, 0.25) is 0 Å². The third kappa shape index (κ3) is 1.91. The quantitative estimate of drug-likeness (QED) is 0.781. The van der Waals surface area contributed by atoms with Crippen LogP contribution in [0.4, 0.5) is 0 Å². The molecular weight excluding hydrogens is 224 g/mol. The van der Waals surface area contributed by atoms with Gasteiger partial charge in [-0.15, -0.1) is 0 Å². The maximum atomic E-state index is 6.47. The molecule has 0 aromatic rings. The van der Waals surface area contributed by atoms with Crippen molar-refractivity contribution in [3.63, 3.8) is 0 Å². The molecule has 1 saturated heterocycles. The fourth-order valence-corrected chi connectivity index (χ4v) is 5.52. The topological polar surface area (TPSA) is 38.5 Å². The van der Waals surface area contributed by atoms with Crippen molar-refractivity contribution in [2.45, 2.75) is 63.0 Å². The minimum absolute atomic E-state index is 0.262. The van der Waals surface area contributed by atoms with Crippen molar-refractivity contribution in [1.82, 2.24) is 5.01 Å². The summed E-state index contributed by atoms with van der Waals surface area (Å²) in [6.45, 7) is 1.93. The van der Waals surface area contributed by atoms with Crippen molar-refractivity contribution in [3.8, 4) is 0 Å². The molecule has 4 aliphatic carbocycles. The molecule has 4 saturated carbocycles. The van der Waals surface area contributed by atoms with Gasteiger partial charge >= 0.3 is 0 Å². The SMILES string of the molecule is NN1CCCC1COC12CC3CC(CC(C3)C1)C2. The van der Waals surface area contributed by atoms with E-state index in [0.29, 0.717) is 6.04 Å². The van der Waals surface area contributed by atoms with Crippen LogP contribution in [0.15, 0.2) is 0 Å². The molecule has 0 aromatic heterocycles. The maximum absolute atomic E-state index is 6.47. The summed E-state index contributed by atoms with van der Waals surface area (Å²) in [4.78, 5) is 0. The van der Waals surface area contributed by atoms with Crippen LogP contribution in [-0.2, 0) is 4.74 Å². The molecule has 3 nitrogen and oxygen atoms in total. The summed E-state index contributed by atoms with van der Waals surface area (Å²) >= 11 is 0. The van der Waals surface area contributed by atoms with E-state index in [1.807, 2.05) is 5.01 Å². The first-order chi connectivity index (χ1) is 8.72. The van der Waals surface area contributed by atoms with Crippen molar-refractivity contribution in [2.75, 3.05) is 13.2 Å². The van der Waals surface area contributed by atoms with Gasteiger partial charge in [-0.3, -0.25) is 5.84 Å². The van der Waals surface area contributed by atoms with Gasteiger partial charge in [-0.25, -0.2) is 5.01 Å². The second-order valence-electron chi connectivity index (χ2n) is 7.45. The lowest BCUT2D eigenvalue weighted by atomic mass is 9.54. The number of hydrogen-bond acceptors (Lipinski definition) is 3. The van der Waals surface area contributed by atoms with Gasteiger partial charge in [0, 0.05) is 12.6 Å². The van der Waals surface area contributed by atoms with Crippen LogP contribution in [0.5, 0.6) is 0 Å². The van der Waals surface area contributed by atoms with E-state index in [1.165, 1.54) is 51.4 Å². The highest BCUT2D eigenvalue weighted by atomic mass is 16.5. The Morgan fingerprint density at radius 3 is 2.17 bits per heavy atom. The molecular formula is C15H26N2O. The zero-order valence-electron chi connectivity index (χ0n) is 11.3. The zero-order chi connectivity index (χ0) is 12.2. The fourth-order valence-electron chi connectivity index (χ4n) is 5.52. The van der Waals surface area contributed by atoms with E-state index in [-0.39, 0.29) is 5.60 Å². The summed E-state index contributed by atoms with van der Waals surface area (Å²) in [6, 6.07) is 0.484. The summed E-state index contributed by atoms with van der Waals surface area (Å²) in [6.07, 6.45) is 11.0. The summed E-state index contributed by atoms with van der Waals surface area (Å²) in [7, 11) is 0. The molecule has 1 heterocycles. The van der Waals surface area contributed by atoms with Crippen LogP contribution in [0.2, 0.25) is 0 Å². The van der Waals surface area contributed by atoms with Gasteiger partial charge in [-0.05, 0) is 69.1 Å². The average molecular weight is 250 g/mol. The molecule has 0 aromatic carbocycles. The third-order valence-electron chi connectivity index (χ3n) is 5.99. The van der Waals surface area contributed by atoms with Gasteiger partial charge in [0.1, 0.15) is 0 Å². The highest BCUT2D eigenvalue weighted by molar-refractivity contribution is 5.03. The summed E-state index contributed by atoms with van der Waals surface area (Å²) in [5.74, 6) is 8.95. The van der Waals surface area contributed by atoms with Gasteiger partial charge in [0.05, 0.1) is 12.2 Å². The van der Waals surface area contributed by atoms with Crippen LogP contribution in [0.25, 0.3) is 0 Å².